The van der Waals surface area contributed by atoms with Crippen LogP contribution in [0.15, 0.2) is 42.5 Å². The van der Waals surface area contributed by atoms with E-state index in [1.165, 1.54) is 12.1 Å². The number of hydrogen-bond acceptors (Lipinski definition) is 3. The van der Waals surface area contributed by atoms with Crippen LogP contribution in [0.25, 0.3) is 0 Å². The Balaban J connectivity index is 2.40. The third-order valence-corrected chi connectivity index (χ3v) is 2.92. The molecule has 0 aliphatic rings. The highest BCUT2D eigenvalue weighted by Crippen LogP contribution is 2.27. The van der Waals surface area contributed by atoms with Crippen molar-refractivity contribution in [1.29, 1.82) is 5.26 Å². The number of anilines is 2. The number of aromatic carboxylic acids is 1. The van der Waals surface area contributed by atoms with Gasteiger partial charge in [0.25, 0.3) is 0 Å². The van der Waals surface area contributed by atoms with E-state index in [-0.39, 0.29) is 11.3 Å². The number of carbonyl (C=O) groups is 1. The van der Waals surface area contributed by atoms with E-state index in [4.69, 9.17) is 10.4 Å². The summed E-state index contributed by atoms with van der Waals surface area (Å²) in [6, 6.07) is 12.5. The molecule has 0 spiro atoms. The molecule has 0 saturated carbocycles. The molecular formula is C15H11FN2O2. The average Bonchev–Trinajstić information content (AvgIpc) is 2.46. The predicted molar refractivity (Wildman–Crippen MR) is 72.6 cm³/mol. The van der Waals surface area contributed by atoms with Gasteiger partial charge in [-0.2, -0.15) is 5.26 Å². The molecule has 0 radical (unpaired) electrons. The molecule has 2 aromatic rings. The van der Waals surface area contributed by atoms with E-state index in [1.54, 1.807) is 36.2 Å². The summed E-state index contributed by atoms with van der Waals surface area (Å²) in [6.07, 6.45) is 0. The lowest BCUT2D eigenvalue weighted by atomic mass is 10.1. The number of hydrogen-bond donors (Lipinski definition) is 1. The first kappa shape index (κ1) is 13.6. The third-order valence-electron chi connectivity index (χ3n) is 2.92. The molecule has 0 aliphatic carbocycles. The van der Waals surface area contributed by atoms with Crippen LogP contribution in [-0.2, 0) is 0 Å². The molecule has 1 N–H and O–H groups in total. The van der Waals surface area contributed by atoms with Gasteiger partial charge in [0.15, 0.2) is 0 Å². The Kier molecular flexibility index (Phi) is 3.67. The molecule has 0 heterocycles. The maximum absolute atomic E-state index is 14.0. The van der Waals surface area contributed by atoms with Gasteiger partial charge >= 0.3 is 5.97 Å². The summed E-state index contributed by atoms with van der Waals surface area (Å²) in [4.78, 5) is 12.3. The third kappa shape index (κ3) is 2.59. The molecule has 0 unspecified atom stereocenters. The van der Waals surface area contributed by atoms with Crippen LogP contribution in [0.4, 0.5) is 15.8 Å². The molecule has 0 saturated heterocycles. The van der Waals surface area contributed by atoms with E-state index in [2.05, 4.69) is 0 Å². The van der Waals surface area contributed by atoms with Gasteiger partial charge in [0.05, 0.1) is 22.9 Å². The maximum Gasteiger partial charge on any atom is 0.335 e. The van der Waals surface area contributed by atoms with Crippen molar-refractivity contribution in [2.75, 3.05) is 11.9 Å². The largest absolute Gasteiger partial charge is 0.478 e. The molecule has 5 heteroatoms. The number of rotatable bonds is 3. The number of carboxylic acids is 1. The minimum Gasteiger partial charge on any atom is -0.478 e. The average molecular weight is 270 g/mol. The second-order valence-corrected chi connectivity index (χ2v) is 4.19. The SMILES string of the molecule is CN(c1cccc(C#N)c1)c1ccc(C(=O)O)cc1F. The van der Waals surface area contributed by atoms with Gasteiger partial charge in [0, 0.05) is 12.7 Å². The van der Waals surface area contributed by atoms with Crippen molar-refractivity contribution >= 4 is 17.3 Å². The molecule has 20 heavy (non-hydrogen) atoms. The zero-order valence-electron chi connectivity index (χ0n) is 10.7. The molecule has 2 aromatic carbocycles. The summed E-state index contributed by atoms with van der Waals surface area (Å²) in [5.74, 6) is -1.81. The first-order valence-corrected chi connectivity index (χ1v) is 5.79. The summed E-state index contributed by atoms with van der Waals surface area (Å²) in [5.41, 5.74) is 1.25. The van der Waals surface area contributed by atoms with Gasteiger partial charge in [0.1, 0.15) is 5.82 Å². The maximum atomic E-state index is 14.0. The second kappa shape index (κ2) is 5.41. The molecule has 0 aromatic heterocycles. The molecule has 0 atom stereocenters. The summed E-state index contributed by atoms with van der Waals surface area (Å²) in [6.45, 7) is 0. The van der Waals surface area contributed by atoms with E-state index in [9.17, 15) is 9.18 Å². The van der Waals surface area contributed by atoms with Crippen molar-refractivity contribution in [3.8, 4) is 6.07 Å². The highest BCUT2D eigenvalue weighted by molar-refractivity contribution is 5.88. The van der Waals surface area contributed by atoms with Crippen LogP contribution in [0.2, 0.25) is 0 Å². The van der Waals surface area contributed by atoms with E-state index >= 15 is 0 Å². The van der Waals surface area contributed by atoms with Crippen molar-refractivity contribution in [3.05, 3.63) is 59.4 Å². The standard InChI is InChI=1S/C15H11FN2O2/c1-18(12-4-2-3-10(7-12)9-17)14-6-5-11(15(19)20)8-13(14)16/h2-8H,1H3,(H,19,20). The van der Waals surface area contributed by atoms with E-state index in [0.29, 0.717) is 11.3 Å². The lowest BCUT2D eigenvalue weighted by Crippen LogP contribution is -2.12. The van der Waals surface area contributed by atoms with Crippen LogP contribution in [0.3, 0.4) is 0 Å². The van der Waals surface area contributed by atoms with E-state index in [0.717, 1.165) is 6.07 Å². The molecule has 0 fully saturated rings. The Morgan fingerprint density at radius 2 is 2.05 bits per heavy atom. The molecule has 0 bridgehead atoms. The summed E-state index contributed by atoms with van der Waals surface area (Å²) in [5, 5.41) is 17.7. The normalized spacial score (nSPS) is 9.85. The zero-order chi connectivity index (χ0) is 14.7. The smallest absolute Gasteiger partial charge is 0.335 e. The number of carboxylic acid groups (broad SMARTS) is 1. The van der Waals surface area contributed by atoms with E-state index < -0.39 is 11.8 Å². The molecule has 0 aliphatic heterocycles. The Hall–Kier alpha value is -2.87. The number of nitriles is 1. The van der Waals surface area contributed by atoms with E-state index in [1.807, 2.05) is 6.07 Å². The van der Waals surface area contributed by atoms with Crippen LogP contribution in [0.5, 0.6) is 0 Å². The Morgan fingerprint density at radius 3 is 2.65 bits per heavy atom. The van der Waals surface area contributed by atoms with Crippen LogP contribution in [-0.4, -0.2) is 18.1 Å². The van der Waals surface area contributed by atoms with Gasteiger partial charge in [0.2, 0.25) is 0 Å². The fourth-order valence-electron chi connectivity index (χ4n) is 1.84. The topological polar surface area (TPSA) is 64.3 Å². The molecule has 4 nitrogen and oxygen atoms in total. The highest BCUT2D eigenvalue weighted by Gasteiger charge is 2.13. The van der Waals surface area contributed by atoms with Gasteiger partial charge in [-0.25, -0.2) is 9.18 Å². The zero-order valence-corrected chi connectivity index (χ0v) is 10.7. The number of nitrogens with zero attached hydrogens (tertiary/aromatic N) is 2. The Labute approximate surface area is 115 Å². The number of benzene rings is 2. The minimum absolute atomic E-state index is 0.106. The number of halogens is 1. The van der Waals surface area contributed by atoms with Gasteiger partial charge < -0.3 is 10.0 Å². The Morgan fingerprint density at radius 1 is 1.30 bits per heavy atom. The van der Waals surface area contributed by atoms with Gasteiger partial charge in [-0.1, -0.05) is 6.07 Å². The second-order valence-electron chi connectivity index (χ2n) is 4.19. The summed E-state index contributed by atoms with van der Waals surface area (Å²) in [7, 11) is 1.65. The first-order chi connectivity index (χ1) is 9.52. The quantitative estimate of drug-likeness (QED) is 0.930. The van der Waals surface area contributed by atoms with Gasteiger partial charge in [-0.05, 0) is 36.4 Å². The lowest BCUT2D eigenvalue weighted by Gasteiger charge is -2.20. The van der Waals surface area contributed by atoms with Gasteiger partial charge in [-0.15, -0.1) is 0 Å². The van der Waals surface area contributed by atoms with Gasteiger partial charge in [-0.3, -0.25) is 0 Å². The fourth-order valence-corrected chi connectivity index (χ4v) is 1.84. The first-order valence-electron chi connectivity index (χ1n) is 5.79. The van der Waals surface area contributed by atoms with Crippen LogP contribution < -0.4 is 4.90 Å². The highest BCUT2D eigenvalue weighted by atomic mass is 19.1. The fraction of sp³-hybridized carbons (Fsp3) is 0.0667. The Bertz CT molecular complexity index is 707. The summed E-state index contributed by atoms with van der Waals surface area (Å²) < 4.78 is 14.0. The van der Waals surface area contributed by atoms with Crippen LogP contribution in [0.1, 0.15) is 15.9 Å². The molecule has 2 rings (SSSR count). The molecule has 100 valence electrons. The van der Waals surface area contributed by atoms with Crippen molar-refractivity contribution < 1.29 is 14.3 Å². The van der Waals surface area contributed by atoms with Crippen LogP contribution in [0, 0.1) is 17.1 Å². The lowest BCUT2D eigenvalue weighted by molar-refractivity contribution is 0.0696. The monoisotopic (exact) mass is 270 g/mol. The van der Waals surface area contributed by atoms with Crippen molar-refractivity contribution in [1.82, 2.24) is 0 Å². The van der Waals surface area contributed by atoms with Crippen molar-refractivity contribution in [2.45, 2.75) is 0 Å². The predicted octanol–water partition coefficient (Wildman–Crippen LogP) is 3.16. The molecule has 0 amide bonds. The minimum atomic E-state index is -1.18. The van der Waals surface area contributed by atoms with Crippen molar-refractivity contribution in [2.24, 2.45) is 0 Å². The van der Waals surface area contributed by atoms with Crippen molar-refractivity contribution in [3.63, 3.8) is 0 Å². The molecular weight excluding hydrogens is 259 g/mol. The summed E-state index contributed by atoms with van der Waals surface area (Å²) >= 11 is 0. The van der Waals surface area contributed by atoms with Crippen LogP contribution >= 0.6 is 0 Å².